The first-order chi connectivity index (χ1) is 6.79. The number of nitrogens with one attached hydrogen (secondary N) is 1. The molecule has 0 saturated carbocycles. The van der Waals surface area contributed by atoms with Gasteiger partial charge in [-0.1, -0.05) is 18.2 Å². The van der Waals surface area contributed by atoms with Gasteiger partial charge in [-0.15, -0.1) is 0 Å². The molecule has 0 aliphatic heterocycles. The summed E-state index contributed by atoms with van der Waals surface area (Å²) in [6.07, 6.45) is 0. The molecule has 0 bridgehead atoms. The van der Waals surface area contributed by atoms with Gasteiger partial charge in [-0.3, -0.25) is 5.32 Å². The number of nitrogens with zero attached hydrogens (tertiary/aromatic N) is 1. The molecule has 0 amide bonds. The Morgan fingerprint density at radius 3 is 2.86 bits per heavy atom. The van der Waals surface area contributed by atoms with Crippen molar-refractivity contribution in [3.8, 4) is 11.8 Å². The van der Waals surface area contributed by atoms with Gasteiger partial charge in [0, 0.05) is 11.6 Å². The molecule has 0 fully saturated rings. The Kier molecular flexibility index (Phi) is 3.96. The van der Waals surface area contributed by atoms with E-state index in [9.17, 15) is 0 Å². The summed E-state index contributed by atoms with van der Waals surface area (Å²) in [5.41, 5.74) is 1.07. The van der Waals surface area contributed by atoms with Crippen molar-refractivity contribution in [3.05, 3.63) is 29.8 Å². The van der Waals surface area contributed by atoms with Crippen LogP contribution in [-0.2, 0) is 0 Å². The topological polar surface area (TPSA) is 45.0 Å². The maximum absolute atomic E-state index is 8.44. The maximum atomic E-state index is 8.44. The van der Waals surface area contributed by atoms with Crippen molar-refractivity contribution in [3.63, 3.8) is 0 Å². The summed E-state index contributed by atoms with van der Waals surface area (Å²) < 4.78 is 5.22. The number of methoxy groups -OCH3 is 1. The molecule has 1 N–H and O–H groups in total. The van der Waals surface area contributed by atoms with Gasteiger partial charge in [-0.25, -0.2) is 0 Å². The third-order valence-electron chi connectivity index (χ3n) is 2.09. The molecule has 3 nitrogen and oxygen atoms in total. The van der Waals surface area contributed by atoms with Crippen LogP contribution in [0.3, 0.4) is 0 Å². The van der Waals surface area contributed by atoms with E-state index in [1.54, 1.807) is 7.11 Å². The van der Waals surface area contributed by atoms with Crippen LogP contribution in [0.5, 0.6) is 5.75 Å². The van der Waals surface area contributed by atoms with Gasteiger partial charge in [0.2, 0.25) is 0 Å². The lowest BCUT2D eigenvalue weighted by molar-refractivity contribution is 0.403. The molecule has 0 saturated heterocycles. The maximum Gasteiger partial charge on any atom is 0.123 e. The largest absolute Gasteiger partial charge is 0.496 e. The zero-order valence-electron chi connectivity index (χ0n) is 8.45. The zero-order chi connectivity index (χ0) is 10.4. The molecule has 0 aliphatic carbocycles. The standard InChI is InChI=1S/C11H14N2O/c1-9(13-8-7-12)10-5-3-4-6-11(10)14-2/h3-6,9,13H,8H2,1-2H3/t9-/m0/s1. The van der Waals surface area contributed by atoms with E-state index in [2.05, 4.69) is 11.4 Å². The van der Waals surface area contributed by atoms with E-state index in [4.69, 9.17) is 10.00 Å². The summed E-state index contributed by atoms with van der Waals surface area (Å²) in [4.78, 5) is 0. The van der Waals surface area contributed by atoms with Gasteiger partial charge >= 0.3 is 0 Å². The normalized spacial score (nSPS) is 11.8. The Hall–Kier alpha value is -1.53. The number of nitriles is 1. The van der Waals surface area contributed by atoms with E-state index >= 15 is 0 Å². The molecule has 14 heavy (non-hydrogen) atoms. The van der Waals surface area contributed by atoms with Crippen LogP contribution in [0, 0.1) is 11.3 Å². The van der Waals surface area contributed by atoms with Gasteiger partial charge in [0.05, 0.1) is 19.7 Å². The van der Waals surface area contributed by atoms with Crippen LogP contribution in [-0.4, -0.2) is 13.7 Å². The Bertz CT molecular complexity index is 330. The molecule has 1 aromatic rings. The van der Waals surface area contributed by atoms with Crippen molar-refractivity contribution >= 4 is 0 Å². The molecule has 0 radical (unpaired) electrons. The highest BCUT2D eigenvalue weighted by Gasteiger charge is 2.08. The minimum absolute atomic E-state index is 0.130. The monoisotopic (exact) mass is 190 g/mol. The van der Waals surface area contributed by atoms with E-state index in [1.165, 1.54) is 0 Å². The number of ether oxygens (including phenoxy) is 1. The van der Waals surface area contributed by atoms with E-state index in [0.717, 1.165) is 11.3 Å². The highest BCUT2D eigenvalue weighted by Crippen LogP contribution is 2.23. The van der Waals surface area contributed by atoms with Crippen LogP contribution in [0.4, 0.5) is 0 Å². The summed E-state index contributed by atoms with van der Waals surface area (Å²) >= 11 is 0. The van der Waals surface area contributed by atoms with Crippen molar-refractivity contribution in [2.75, 3.05) is 13.7 Å². The second-order valence-corrected chi connectivity index (χ2v) is 3.00. The lowest BCUT2D eigenvalue weighted by Crippen LogP contribution is -2.19. The second kappa shape index (κ2) is 5.25. The van der Waals surface area contributed by atoms with Crippen molar-refractivity contribution in [2.45, 2.75) is 13.0 Å². The van der Waals surface area contributed by atoms with Crippen LogP contribution in [0.2, 0.25) is 0 Å². The molecule has 0 heterocycles. The minimum Gasteiger partial charge on any atom is -0.496 e. The van der Waals surface area contributed by atoms with Gasteiger partial charge in [-0.05, 0) is 13.0 Å². The van der Waals surface area contributed by atoms with E-state index in [-0.39, 0.29) is 6.04 Å². The molecule has 0 spiro atoms. The van der Waals surface area contributed by atoms with E-state index in [0.29, 0.717) is 6.54 Å². The van der Waals surface area contributed by atoms with Gasteiger partial charge in [0.25, 0.3) is 0 Å². The van der Waals surface area contributed by atoms with E-state index in [1.807, 2.05) is 31.2 Å². The molecule has 1 aromatic carbocycles. The van der Waals surface area contributed by atoms with Crippen molar-refractivity contribution < 1.29 is 4.74 Å². The predicted octanol–water partition coefficient (Wildman–Crippen LogP) is 1.87. The van der Waals surface area contributed by atoms with E-state index < -0.39 is 0 Å². The number of hydrogen-bond donors (Lipinski definition) is 1. The number of benzene rings is 1. The molecular formula is C11H14N2O. The highest BCUT2D eigenvalue weighted by molar-refractivity contribution is 5.35. The second-order valence-electron chi connectivity index (χ2n) is 3.00. The van der Waals surface area contributed by atoms with Crippen LogP contribution in [0.25, 0.3) is 0 Å². The van der Waals surface area contributed by atoms with Gasteiger partial charge in [-0.2, -0.15) is 5.26 Å². The first-order valence-corrected chi connectivity index (χ1v) is 4.53. The lowest BCUT2D eigenvalue weighted by Gasteiger charge is -2.15. The van der Waals surface area contributed by atoms with Crippen LogP contribution in [0.15, 0.2) is 24.3 Å². The average molecular weight is 190 g/mol. The molecule has 0 aliphatic rings. The molecule has 0 unspecified atom stereocenters. The molecule has 74 valence electrons. The molecule has 1 rings (SSSR count). The fourth-order valence-corrected chi connectivity index (χ4v) is 1.33. The van der Waals surface area contributed by atoms with Crippen molar-refractivity contribution in [1.29, 1.82) is 5.26 Å². The van der Waals surface area contributed by atoms with Gasteiger partial charge in [0.1, 0.15) is 5.75 Å². The highest BCUT2D eigenvalue weighted by atomic mass is 16.5. The molecule has 3 heteroatoms. The summed E-state index contributed by atoms with van der Waals surface area (Å²) in [6.45, 7) is 2.36. The Labute approximate surface area is 84.3 Å². The van der Waals surface area contributed by atoms with Gasteiger partial charge < -0.3 is 4.74 Å². The SMILES string of the molecule is COc1ccccc1[C@H](C)NCC#N. The summed E-state index contributed by atoms with van der Waals surface area (Å²) in [5, 5.41) is 11.5. The summed E-state index contributed by atoms with van der Waals surface area (Å²) in [5.74, 6) is 0.852. The zero-order valence-corrected chi connectivity index (χ0v) is 8.45. The Morgan fingerprint density at radius 1 is 1.50 bits per heavy atom. The third-order valence-corrected chi connectivity index (χ3v) is 2.09. The first-order valence-electron chi connectivity index (χ1n) is 4.53. The quantitative estimate of drug-likeness (QED) is 0.737. The average Bonchev–Trinajstić information content (AvgIpc) is 2.25. The van der Waals surface area contributed by atoms with Crippen LogP contribution < -0.4 is 10.1 Å². The first kappa shape index (κ1) is 10.6. The number of para-hydroxylation sites is 1. The van der Waals surface area contributed by atoms with Crippen molar-refractivity contribution in [2.24, 2.45) is 0 Å². The summed E-state index contributed by atoms with van der Waals surface area (Å²) in [6, 6.07) is 9.99. The fourth-order valence-electron chi connectivity index (χ4n) is 1.33. The van der Waals surface area contributed by atoms with Crippen LogP contribution in [0.1, 0.15) is 18.5 Å². The smallest absolute Gasteiger partial charge is 0.123 e. The molecular weight excluding hydrogens is 176 g/mol. The minimum atomic E-state index is 0.130. The lowest BCUT2D eigenvalue weighted by atomic mass is 10.1. The number of rotatable bonds is 4. The predicted molar refractivity (Wildman–Crippen MR) is 55.0 cm³/mol. The molecule has 0 aromatic heterocycles. The Balaban J connectivity index is 2.78. The van der Waals surface area contributed by atoms with Crippen molar-refractivity contribution in [1.82, 2.24) is 5.32 Å². The number of hydrogen-bond acceptors (Lipinski definition) is 3. The summed E-state index contributed by atoms with van der Waals surface area (Å²) in [7, 11) is 1.65. The Morgan fingerprint density at radius 2 is 2.21 bits per heavy atom. The molecule has 1 atom stereocenters. The van der Waals surface area contributed by atoms with Gasteiger partial charge in [0.15, 0.2) is 0 Å². The third kappa shape index (κ3) is 2.48. The fraction of sp³-hybridized carbons (Fsp3) is 0.364. The van der Waals surface area contributed by atoms with Crippen LogP contribution >= 0.6 is 0 Å².